The fourth-order valence-corrected chi connectivity index (χ4v) is 2.24. The highest BCUT2D eigenvalue weighted by atomic mass is 32.2. The predicted molar refractivity (Wildman–Crippen MR) is 61.7 cm³/mol. The number of aryl methyl sites for hydroxylation is 1. The maximum Gasteiger partial charge on any atom is 0.147 e. The fraction of sp³-hybridized carbons (Fsp3) is 0.273. The lowest BCUT2D eigenvalue weighted by molar-refractivity contribution is 0.601. The molecule has 0 spiro atoms. The lowest BCUT2D eigenvalue weighted by Crippen LogP contribution is -2.06. The molecule has 0 aliphatic carbocycles. The zero-order chi connectivity index (χ0) is 10.9. The van der Waals surface area contributed by atoms with Crippen molar-refractivity contribution < 1.29 is 8.42 Å². The van der Waals surface area contributed by atoms with Crippen LogP contribution in [0.15, 0.2) is 30.5 Å². The van der Waals surface area contributed by atoms with Crippen molar-refractivity contribution in [3.63, 3.8) is 0 Å². The third kappa shape index (κ3) is 2.39. The van der Waals surface area contributed by atoms with Gasteiger partial charge in [0, 0.05) is 18.0 Å². The smallest absolute Gasteiger partial charge is 0.147 e. The maximum atomic E-state index is 11.1. The summed E-state index contributed by atoms with van der Waals surface area (Å²) in [5.41, 5.74) is 2.10. The first-order valence-electron chi connectivity index (χ1n) is 4.79. The highest BCUT2D eigenvalue weighted by Gasteiger charge is 2.06. The SMILES string of the molecule is CS(=O)(=O)CCc1cccc2cc[nH]c12. The Bertz CT molecular complexity index is 569. The van der Waals surface area contributed by atoms with Crippen molar-refractivity contribution in [2.24, 2.45) is 0 Å². The van der Waals surface area contributed by atoms with E-state index in [1.54, 1.807) is 0 Å². The summed E-state index contributed by atoms with van der Waals surface area (Å²) >= 11 is 0. The van der Waals surface area contributed by atoms with Gasteiger partial charge in [-0.15, -0.1) is 0 Å². The summed E-state index contributed by atoms with van der Waals surface area (Å²) in [5, 5.41) is 1.13. The van der Waals surface area contributed by atoms with Gasteiger partial charge in [0.2, 0.25) is 0 Å². The van der Waals surface area contributed by atoms with Gasteiger partial charge in [0.15, 0.2) is 0 Å². The Balaban J connectivity index is 2.32. The van der Waals surface area contributed by atoms with E-state index in [4.69, 9.17) is 0 Å². The molecule has 0 saturated heterocycles. The third-order valence-corrected chi connectivity index (χ3v) is 3.36. The number of sulfone groups is 1. The molecule has 0 radical (unpaired) electrons. The van der Waals surface area contributed by atoms with Crippen LogP contribution >= 0.6 is 0 Å². The summed E-state index contributed by atoms with van der Waals surface area (Å²) in [6.45, 7) is 0. The Hall–Kier alpha value is -1.29. The lowest BCUT2D eigenvalue weighted by atomic mass is 10.1. The molecule has 0 aliphatic rings. The number of hydrogen-bond acceptors (Lipinski definition) is 2. The second-order valence-corrected chi connectivity index (χ2v) is 6.00. The molecule has 1 aromatic carbocycles. The molecule has 0 atom stereocenters. The van der Waals surface area contributed by atoms with Crippen LogP contribution in [-0.2, 0) is 16.3 Å². The first-order valence-corrected chi connectivity index (χ1v) is 6.85. The first kappa shape index (κ1) is 10.2. The van der Waals surface area contributed by atoms with E-state index in [2.05, 4.69) is 4.98 Å². The molecule has 3 nitrogen and oxygen atoms in total. The average molecular weight is 223 g/mol. The minimum Gasteiger partial charge on any atom is -0.361 e. The average Bonchev–Trinajstić information content (AvgIpc) is 2.61. The van der Waals surface area contributed by atoms with Crippen LogP contribution in [0.4, 0.5) is 0 Å². The van der Waals surface area contributed by atoms with Gasteiger partial charge in [-0.3, -0.25) is 0 Å². The van der Waals surface area contributed by atoms with Gasteiger partial charge in [0.05, 0.1) is 5.75 Å². The van der Waals surface area contributed by atoms with Crippen molar-refractivity contribution in [1.29, 1.82) is 0 Å². The van der Waals surface area contributed by atoms with Crippen molar-refractivity contribution in [3.05, 3.63) is 36.0 Å². The topological polar surface area (TPSA) is 49.9 Å². The Labute approximate surface area is 89.0 Å². The summed E-state index contributed by atoms with van der Waals surface area (Å²) in [5.74, 6) is 0.200. The van der Waals surface area contributed by atoms with Crippen LogP contribution < -0.4 is 0 Å². The van der Waals surface area contributed by atoms with E-state index in [0.29, 0.717) is 6.42 Å². The summed E-state index contributed by atoms with van der Waals surface area (Å²) in [6.07, 6.45) is 3.70. The zero-order valence-electron chi connectivity index (χ0n) is 8.53. The molecule has 0 bridgehead atoms. The van der Waals surface area contributed by atoms with E-state index in [-0.39, 0.29) is 5.75 Å². The number of nitrogens with one attached hydrogen (secondary N) is 1. The van der Waals surface area contributed by atoms with E-state index in [0.717, 1.165) is 16.5 Å². The number of rotatable bonds is 3. The van der Waals surface area contributed by atoms with E-state index in [9.17, 15) is 8.42 Å². The van der Waals surface area contributed by atoms with Crippen LogP contribution in [0.1, 0.15) is 5.56 Å². The van der Waals surface area contributed by atoms with Gasteiger partial charge in [-0.2, -0.15) is 0 Å². The Morgan fingerprint density at radius 2 is 2.07 bits per heavy atom. The number of aromatic amines is 1. The van der Waals surface area contributed by atoms with Gasteiger partial charge in [0.25, 0.3) is 0 Å². The Morgan fingerprint density at radius 3 is 2.80 bits per heavy atom. The summed E-state index contributed by atoms with van der Waals surface area (Å²) in [6, 6.07) is 7.91. The summed E-state index contributed by atoms with van der Waals surface area (Å²) in [7, 11) is -2.89. The predicted octanol–water partition coefficient (Wildman–Crippen LogP) is 1.75. The molecule has 0 fully saturated rings. The Kier molecular flexibility index (Phi) is 2.52. The van der Waals surface area contributed by atoms with Crippen molar-refractivity contribution in [1.82, 2.24) is 4.98 Å². The standard InChI is InChI=1S/C11H13NO2S/c1-15(13,14)8-6-10-4-2-3-9-5-7-12-11(9)10/h2-5,7,12H,6,8H2,1H3. The lowest BCUT2D eigenvalue weighted by Gasteiger charge is -2.02. The second kappa shape index (κ2) is 3.70. The maximum absolute atomic E-state index is 11.1. The zero-order valence-corrected chi connectivity index (χ0v) is 9.34. The number of hydrogen-bond donors (Lipinski definition) is 1. The molecule has 0 saturated carbocycles. The van der Waals surface area contributed by atoms with E-state index >= 15 is 0 Å². The second-order valence-electron chi connectivity index (χ2n) is 3.74. The minimum atomic E-state index is -2.89. The molecule has 2 rings (SSSR count). The highest BCUT2D eigenvalue weighted by Crippen LogP contribution is 2.17. The van der Waals surface area contributed by atoms with Gasteiger partial charge >= 0.3 is 0 Å². The molecule has 0 unspecified atom stereocenters. The third-order valence-electron chi connectivity index (χ3n) is 2.42. The van der Waals surface area contributed by atoms with Crippen LogP contribution in [0.2, 0.25) is 0 Å². The van der Waals surface area contributed by atoms with Gasteiger partial charge < -0.3 is 4.98 Å². The van der Waals surface area contributed by atoms with Crippen LogP contribution in [0.3, 0.4) is 0 Å². The largest absolute Gasteiger partial charge is 0.361 e. The van der Waals surface area contributed by atoms with Gasteiger partial charge in [-0.05, 0) is 23.4 Å². The van der Waals surface area contributed by atoms with Crippen LogP contribution in [0, 0.1) is 0 Å². The van der Waals surface area contributed by atoms with E-state index in [1.165, 1.54) is 6.26 Å². The molecule has 1 heterocycles. The minimum absolute atomic E-state index is 0.200. The molecule has 80 valence electrons. The van der Waals surface area contributed by atoms with Gasteiger partial charge in [-0.25, -0.2) is 8.42 Å². The number of benzene rings is 1. The van der Waals surface area contributed by atoms with Crippen molar-refractivity contribution in [3.8, 4) is 0 Å². The Morgan fingerprint density at radius 1 is 1.27 bits per heavy atom. The number of H-pyrrole nitrogens is 1. The fourth-order valence-electron chi connectivity index (χ4n) is 1.65. The summed E-state index contributed by atoms with van der Waals surface area (Å²) < 4.78 is 22.1. The molecule has 1 aromatic heterocycles. The molecule has 0 amide bonds. The van der Waals surface area contributed by atoms with Crippen LogP contribution in [0.25, 0.3) is 10.9 Å². The van der Waals surface area contributed by atoms with Crippen molar-refractivity contribution in [2.75, 3.05) is 12.0 Å². The molecule has 0 aliphatic heterocycles. The van der Waals surface area contributed by atoms with Crippen LogP contribution in [0.5, 0.6) is 0 Å². The molecule has 2 aromatic rings. The number of fused-ring (bicyclic) bond motifs is 1. The van der Waals surface area contributed by atoms with E-state index in [1.807, 2.05) is 30.5 Å². The monoisotopic (exact) mass is 223 g/mol. The molecular formula is C11H13NO2S. The van der Waals surface area contributed by atoms with Gasteiger partial charge in [-0.1, -0.05) is 18.2 Å². The highest BCUT2D eigenvalue weighted by molar-refractivity contribution is 7.90. The summed E-state index contributed by atoms with van der Waals surface area (Å²) in [4.78, 5) is 3.13. The normalized spacial score (nSPS) is 12.1. The number of para-hydroxylation sites is 1. The quantitative estimate of drug-likeness (QED) is 0.862. The molecular weight excluding hydrogens is 210 g/mol. The molecule has 1 N–H and O–H groups in total. The first-order chi connectivity index (χ1) is 7.06. The van der Waals surface area contributed by atoms with E-state index < -0.39 is 9.84 Å². The number of aromatic nitrogens is 1. The van der Waals surface area contributed by atoms with Crippen molar-refractivity contribution in [2.45, 2.75) is 6.42 Å². The molecule has 15 heavy (non-hydrogen) atoms. The van der Waals surface area contributed by atoms with Gasteiger partial charge in [0.1, 0.15) is 9.84 Å². The van der Waals surface area contributed by atoms with Crippen LogP contribution in [-0.4, -0.2) is 25.4 Å². The van der Waals surface area contributed by atoms with Crippen molar-refractivity contribution >= 4 is 20.7 Å². The molecule has 4 heteroatoms.